The number of carboxylic acid groups (broad SMARTS) is 1. The molecule has 0 atom stereocenters. The monoisotopic (exact) mass is 426 g/mol. The van der Waals surface area contributed by atoms with Crippen LogP contribution in [-0.2, 0) is 4.79 Å². The molecule has 0 heterocycles. The van der Waals surface area contributed by atoms with E-state index in [-0.39, 0.29) is 0 Å². The molecule has 3 rings (SSSR count). The maximum atomic E-state index is 14.4. The molecule has 0 aliphatic carbocycles. The summed E-state index contributed by atoms with van der Waals surface area (Å²) in [7, 11) is 0. The van der Waals surface area contributed by atoms with Crippen molar-refractivity contribution in [3.8, 4) is 5.75 Å². The van der Waals surface area contributed by atoms with Crippen LogP contribution in [0, 0.1) is 18.6 Å². The second kappa shape index (κ2) is 10.1. The Morgan fingerprint density at radius 3 is 2.13 bits per heavy atom. The Kier molecular flexibility index (Phi) is 7.25. The van der Waals surface area contributed by atoms with Crippen molar-refractivity contribution in [3.05, 3.63) is 101 Å². The summed E-state index contributed by atoms with van der Waals surface area (Å²) in [6.07, 6.45) is 1.81. The van der Waals surface area contributed by atoms with Gasteiger partial charge in [0.05, 0.1) is 0 Å². The molecule has 0 amide bonds. The van der Waals surface area contributed by atoms with Gasteiger partial charge in [-0.15, -0.1) is 11.8 Å². The molecule has 0 unspecified atom stereocenters. The summed E-state index contributed by atoms with van der Waals surface area (Å²) in [5.41, 5.74) is 2.00. The number of hydrogen-bond donors (Lipinski definition) is 1. The predicted molar refractivity (Wildman–Crippen MR) is 115 cm³/mol. The van der Waals surface area contributed by atoms with E-state index in [4.69, 9.17) is 9.84 Å². The van der Waals surface area contributed by atoms with Crippen LogP contribution < -0.4 is 4.74 Å². The third-order valence-electron chi connectivity index (χ3n) is 4.36. The minimum atomic E-state index is -1.04. The number of carbonyl (C=O) groups is 1. The van der Waals surface area contributed by atoms with E-state index in [0.717, 1.165) is 10.5 Å². The Hall–Kier alpha value is -3.12. The lowest BCUT2D eigenvalue weighted by Crippen LogP contribution is -2.09. The number of thioether (sulfide) groups is 1. The summed E-state index contributed by atoms with van der Waals surface area (Å²) in [4.78, 5) is 11.6. The molecule has 3 aromatic carbocycles. The number of rotatable bonds is 8. The Morgan fingerprint density at radius 2 is 1.60 bits per heavy atom. The normalized spacial score (nSPS) is 10.5. The molecule has 0 radical (unpaired) electrons. The molecule has 3 aromatic rings. The minimum absolute atomic E-state index is 0.344. The lowest BCUT2D eigenvalue weighted by atomic mass is 9.97. The van der Waals surface area contributed by atoms with E-state index in [1.807, 2.05) is 25.1 Å². The standard InChI is InChI=1S/C24H20F2O3S/c1-16-14-17(10-11-23(16)29-15-24(27)28)30-13-12-18(19-6-2-4-8-21(19)25)20-7-3-5-9-22(20)26/h2-12,14H,13,15H2,1H3,(H,27,28). The zero-order valence-corrected chi connectivity index (χ0v) is 17.1. The third-order valence-corrected chi connectivity index (χ3v) is 5.28. The molecule has 3 nitrogen and oxygen atoms in total. The van der Waals surface area contributed by atoms with Crippen LogP contribution in [0.15, 0.2) is 77.7 Å². The van der Waals surface area contributed by atoms with Gasteiger partial charge < -0.3 is 9.84 Å². The van der Waals surface area contributed by atoms with E-state index in [2.05, 4.69) is 0 Å². The number of ether oxygens (including phenoxy) is 1. The van der Waals surface area contributed by atoms with Gasteiger partial charge in [0.1, 0.15) is 17.4 Å². The zero-order chi connectivity index (χ0) is 21.5. The van der Waals surface area contributed by atoms with Crippen LogP contribution in [0.4, 0.5) is 8.78 Å². The maximum absolute atomic E-state index is 14.4. The van der Waals surface area contributed by atoms with Crippen LogP contribution in [-0.4, -0.2) is 23.4 Å². The molecule has 6 heteroatoms. The van der Waals surface area contributed by atoms with Crippen molar-refractivity contribution in [3.63, 3.8) is 0 Å². The first-order chi connectivity index (χ1) is 14.5. The molecule has 0 aliphatic heterocycles. The maximum Gasteiger partial charge on any atom is 0.341 e. The van der Waals surface area contributed by atoms with E-state index < -0.39 is 24.2 Å². The topological polar surface area (TPSA) is 46.5 Å². The number of hydrogen-bond acceptors (Lipinski definition) is 3. The molecule has 0 saturated heterocycles. The summed E-state index contributed by atoms with van der Waals surface area (Å²) in [6.45, 7) is 1.44. The number of aryl methyl sites for hydroxylation is 1. The summed E-state index contributed by atoms with van der Waals surface area (Å²) in [5.74, 6) is -0.852. The smallest absolute Gasteiger partial charge is 0.341 e. The lowest BCUT2D eigenvalue weighted by molar-refractivity contribution is -0.139. The highest BCUT2D eigenvalue weighted by Crippen LogP contribution is 2.30. The van der Waals surface area contributed by atoms with E-state index in [9.17, 15) is 13.6 Å². The highest BCUT2D eigenvalue weighted by Gasteiger charge is 2.13. The second-order valence-electron chi connectivity index (χ2n) is 6.50. The quantitative estimate of drug-likeness (QED) is 0.452. The predicted octanol–water partition coefficient (Wildman–Crippen LogP) is 5.96. The van der Waals surface area contributed by atoms with Crippen LogP contribution in [0.2, 0.25) is 0 Å². The number of halogens is 2. The van der Waals surface area contributed by atoms with Crippen LogP contribution in [0.3, 0.4) is 0 Å². The third kappa shape index (κ3) is 5.48. The second-order valence-corrected chi connectivity index (χ2v) is 7.59. The Balaban J connectivity index is 1.82. The van der Waals surface area contributed by atoms with Crippen molar-refractivity contribution in [1.82, 2.24) is 0 Å². The van der Waals surface area contributed by atoms with Crippen molar-refractivity contribution in [1.29, 1.82) is 0 Å². The fourth-order valence-corrected chi connectivity index (χ4v) is 3.83. The number of aliphatic carboxylic acids is 1. The van der Waals surface area contributed by atoms with Gasteiger partial charge in [0.25, 0.3) is 0 Å². The average Bonchev–Trinajstić information content (AvgIpc) is 2.72. The fourth-order valence-electron chi connectivity index (χ4n) is 2.96. The molecule has 0 aliphatic rings. The largest absolute Gasteiger partial charge is 0.482 e. The minimum Gasteiger partial charge on any atom is -0.482 e. The van der Waals surface area contributed by atoms with E-state index in [0.29, 0.717) is 28.2 Å². The molecule has 30 heavy (non-hydrogen) atoms. The van der Waals surface area contributed by atoms with Gasteiger partial charge in [0.2, 0.25) is 0 Å². The zero-order valence-electron chi connectivity index (χ0n) is 16.3. The summed E-state index contributed by atoms with van der Waals surface area (Å²) >= 11 is 1.50. The van der Waals surface area contributed by atoms with Gasteiger partial charge in [-0.2, -0.15) is 0 Å². The Labute approximate surface area is 178 Å². The van der Waals surface area contributed by atoms with Crippen molar-refractivity contribution >= 4 is 23.3 Å². The molecule has 0 bridgehead atoms. The first kappa shape index (κ1) is 21.6. The molecule has 0 saturated carbocycles. The lowest BCUT2D eigenvalue weighted by Gasteiger charge is -2.11. The SMILES string of the molecule is Cc1cc(SCC=C(c2ccccc2F)c2ccccc2F)ccc1OCC(=O)O. The van der Waals surface area contributed by atoms with E-state index in [1.54, 1.807) is 42.5 Å². The van der Waals surface area contributed by atoms with Crippen LogP contribution in [0.5, 0.6) is 5.75 Å². The average molecular weight is 426 g/mol. The molecule has 1 N–H and O–H groups in total. The number of carboxylic acids is 1. The summed E-state index contributed by atoms with van der Waals surface area (Å²) < 4.78 is 34.1. The van der Waals surface area contributed by atoms with Gasteiger partial charge in [0, 0.05) is 21.8 Å². The first-order valence-electron chi connectivity index (χ1n) is 9.23. The van der Waals surface area contributed by atoms with Crippen molar-refractivity contribution in [2.24, 2.45) is 0 Å². The van der Waals surface area contributed by atoms with Crippen molar-refractivity contribution < 1.29 is 23.4 Å². The van der Waals surface area contributed by atoms with Crippen LogP contribution >= 0.6 is 11.8 Å². The van der Waals surface area contributed by atoms with E-state index >= 15 is 0 Å². The summed E-state index contributed by atoms with van der Waals surface area (Å²) in [5, 5.41) is 8.73. The van der Waals surface area contributed by atoms with E-state index in [1.165, 1.54) is 23.9 Å². The van der Waals surface area contributed by atoms with Gasteiger partial charge >= 0.3 is 5.97 Å². The summed E-state index contributed by atoms with van der Waals surface area (Å²) in [6, 6.07) is 18.1. The van der Waals surface area contributed by atoms with Gasteiger partial charge in [-0.1, -0.05) is 42.5 Å². The molecular weight excluding hydrogens is 406 g/mol. The fraction of sp³-hybridized carbons (Fsp3) is 0.125. The molecule has 154 valence electrons. The molecule has 0 spiro atoms. The van der Waals surface area contributed by atoms with Gasteiger partial charge in [-0.05, 0) is 48.4 Å². The first-order valence-corrected chi connectivity index (χ1v) is 10.2. The van der Waals surface area contributed by atoms with Crippen molar-refractivity contribution in [2.45, 2.75) is 11.8 Å². The highest BCUT2D eigenvalue weighted by atomic mass is 32.2. The van der Waals surface area contributed by atoms with Crippen molar-refractivity contribution in [2.75, 3.05) is 12.4 Å². The highest BCUT2D eigenvalue weighted by molar-refractivity contribution is 7.99. The Morgan fingerprint density at radius 1 is 1.00 bits per heavy atom. The van der Waals surface area contributed by atoms with Crippen LogP contribution in [0.25, 0.3) is 5.57 Å². The molecule has 0 fully saturated rings. The molecule has 0 aromatic heterocycles. The van der Waals surface area contributed by atoms with Gasteiger partial charge in [0.15, 0.2) is 6.61 Å². The molecular formula is C24H20F2O3S. The van der Waals surface area contributed by atoms with Gasteiger partial charge in [-0.3, -0.25) is 0 Å². The van der Waals surface area contributed by atoms with Crippen LogP contribution in [0.1, 0.15) is 16.7 Å². The number of benzene rings is 3. The Bertz CT molecular complexity index is 1030. The van der Waals surface area contributed by atoms with Gasteiger partial charge in [-0.25, -0.2) is 13.6 Å².